The molecule has 0 radical (unpaired) electrons. The maximum Gasteiger partial charge on any atom is 0.0470 e. The monoisotopic (exact) mass is 306 g/mol. The molecule has 1 atom stereocenters. The summed E-state index contributed by atoms with van der Waals surface area (Å²) in [7, 11) is 0. The van der Waals surface area contributed by atoms with Crippen LogP contribution < -0.4 is 5.73 Å². The van der Waals surface area contributed by atoms with Crippen LogP contribution >= 0.6 is 15.9 Å². The van der Waals surface area contributed by atoms with Crippen molar-refractivity contribution in [2.45, 2.75) is 32.4 Å². The second-order valence-electron chi connectivity index (χ2n) is 4.69. The van der Waals surface area contributed by atoms with E-state index >= 15 is 0 Å². The van der Waals surface area contributed by atoms with Crippen molar-refractivity contribution >= 4 is 15.9 Å². The fraction of sp³-hybridized carbons (Fsp3) is 0.333. The van der Waals surface area contributed by atoms with E-state index in [1.165, 1.54) is 11.1 Å². The van der Waals surface area contributed by atoms with E-state index in [4.69, 9.17) is 5.73 Å². The molecule has 18 heavy (non-hydrogen) atoms. The minimum absolute atomic E-state index is 0.272. The lowest BCUT2D eigenvalue weighted by atomic mass is 10.1. The Labute approximate surface area is 117 Å². The molecule has 0 amide bonds. The lowest BCUT2D eigenvalue weighted by molar-refractivity contribution is 0.645. The predicted molar refractivity (Wildman–Crippen MR) is 79.6 cm³/mol. The van der Waals surface area contributed by atoms with E-state index in [1.807, 2.05) is 0 Å². The van der Waals surface area contributed by atoms with Crippen LogP contribution in [0, 0.1) is 0 Å². The topological polar surface area (TPSA) is 30.9 Å². The van der Waals surface area contributed by atoms with E-state index in [2.05, 4.69) is 70.1 Å². The number of benzene rings is 1. The van der Waals surface area contributed by atoms with Crippen molar-refractivity contribution in [3.05, 3.63) is 58.3 Å². The molecule has 0 aliphatic heterocycles. The van der Waals surface area contributed by atoms with Gasteiger partial charge in [-0.3, -0.25) is 0 Å². The molecule has 1 aromatic heterocycles. The van der Waals surface area contributed by atoms with Gasteiger partial charge in [-0.1, -0.05) is 35.0 Å². The van der Waals surface area contributed by atoms with Crippen molar-refractivity contribution < 1.29 is 0 Å². The third kappa shape index (κ3) is 3.72. The van der Waals surface area contributed by atoms with Crippen molar-refractivity contribution in [1.29, 1.82) is 0 Å². The van der Waals surface area contributed by atoms with Gasteiger partial charge in [-0.25, -0.2) is 0 Å². The van der Waals surface area contributed by atoms with Crippen LogP contribution in [0.3, 0.4) is 0 Å². The van der Waals surface area contributed by atoms with Crippen molar-refractivity contribution in [3.8, 4) is 0 Å². The molecule has 1 unspecified atom stereocenters. The van der Waals surface area contributed by atoms with Crippen molar-refractivity contribution in [2.75, 3.05) is 0 Å². The molecule has 2 aromatic rings. The Bertz CT molecular complexity index is 487. The molecule has 0 saturated heterocycles. The van der Waals surface area contributed by atoms with E-state index in [-0.39, 0.29) is 6.04 Å². The first-order valence-corrected chi connectivity index (χ1v) is 7.11. The van der Waals surface area contributed by atoms with Gasteiger partial charge in [0.25, 0.3) is 0 Å². The molecule has 2 nitrogen and oxygen atoms in total. The van der Waals surface area contributed by atoms with Crippen molar-refractivity contribution in [2.24, 2.45) is 5.73 Å². The van der Waals surface area contributed by atoms with Gasteiger partial charge in [0.1, 0.15) is 0 Å². The zero-order valence-electron chi connectivity index (χ0n) is 10.6. The van der Waals surface area contributed by atoms with E-state index in [0.29, 0.717) is 0 Å². The summed E-state index contributed by atoms with van der Waals surface area (Å²) >= 11 is 3.45. The summed E-state index contributed by atoms with van der Waals surface area (Å²) in [5.74, 6) is 0. The first-order chi connectivity index (χ1) is 8.67. The van der Waals surface area contributed by atoms with Crippen LogP contribution in [0.15, 0.2) is 47.2 Å². The number of nitrogens with zero attached hydrogens (tertiary/aromatic N) is 1. The number of nitrogens with two attached hydrogens (primary N) is 1. The number of aromatic nitrogens is 1. The second kappa shape index (κ2) is 6.21. The summed E-state index contributed by atoms with van der Waals surface area (Å²) < 4.78 is 3.33. The molecule has 96 valence electrons. The van der Waals surface area contributed by atoms with Crippen LogP contribution in [-0.4, -0.2) is 10.6 Å². The molecule has 0 saturated carbocycles. The number of rotatable bonds is 5. The molecule has 0 bridgehead atoms. The van der Waals surface area contributed by atoms with Gasteiger partial charge in [-0.2, -0.15) is 0 Å². The zero-order valence-corrected chi connectivity index (χ0v) is 12.2. The number of hydrogen-bond acceptors (Lipinski definition) is 1. The molecule has 0 aliphatic rings. The fourth-order valence-corrected chi connectivity index (χ4v) is 2.22. The van der Waals surface area contributed by atoms with Crippen LogP contribution in [0.4, 0.5) is 0 Å². The molecule has 0 aliphatic carbocycles. The summed E-state index contributed by atoms with van der Waals surface area (Å²) in [5, 5.41) is 0. The molecule has 3 heteroatoms. The minimum atomic E-state index is 0.272. The van der Waals surface area contributed by atoms with Crippen LogP contribution in [-0.2, 0) is 13.0 Å². The molecule has 2 rings (SSSR count). The maximum atomic E-state index is 5.97. The van der Waals surface area contributed by atoms with Crippen molar-refractivity contribution in [3.63, 3.8) is 0 Å². The summed E-state index contributed by atoms with van der Waals surface area (Å²) in [4.78, 5) is 0. The first-order valence-electron chi connectivity index (χ1n) is 6.32. The Morgan fingerprint density at radius 1 is 1.17 bits per heavy atom. The third-order valence-corrected chi connectivity index (χ3v) is 3.64. The average molecular weight is 307 g/mol. The highest BCUT2D eigenvalue weighted by Gasteiger charge is 2.03. The fourth-order valence-electron chi connectivity index (χ4n) is 1.96. The lowest BCUT2D eigenvalue weighted by Crippen LogP contribution is -2.21. The Hall–Kier alpha value is -1.06. The van der Waals surface area contributed by atoms with Gasteiger partial charge >= 0.3 is 0 Å². The quantitative estimate of drug-likeness (QED) is 0.899. The molecular formula is C15H19BrN2. The molecule has 2 N–H and O–H groups in total. The summed E-state index contributed by atoms with van der Waals surface area (Å²) in [5.41, 5.74) is 8.60. The van der Waals surface area contributed by atoms with Crippen molar-refractivity contribution in [1.82, 2.24) is 4.57 Å². The highest BCUT2D eigenvalue weighted by atomic mass is 79.9. The Morgan fingerprint density at radius 2 is 1.89 bits per heavy atom. The Balaban J connectivity index is 2.00. The Morgan fingerprint density at radius 3 is 2.56 bits per heavy atom. The van der Waals surface area contributed by atoms with Crippen LogP contribution in [0.1, 0.15) is 24.5 Å². The molecule has 1 heterocycles. The second-order valence-corrected chi connectivity index (χ2v) is 5.61. The number of halogens is 1. The van der Waals surface area contributed by atoms with Gasteiger partial charge in [-0.15, -0.1) is 0 Å². The Kier molecular flexibility index (Phi) is 4.61. The number of hydrogen-bond donors (Lipinski definition) is 1. The largest absolute Gasteiger partial charge is 0.350 e. The highest BCUT2D eigenvalue weighted by Crippen LogP contribution is 2.13. The predicted octanol–water partition coefficient (Wildman–Crippen LogP) is 3.58. The lowest BCUT2D eigenvalue weighted by Gasteiger charge is -2.06. The van der Waals surface area contributed by atoms with Gasteiger partial charge in [0, 0.05) is 29.5 Å². The SMILES string of the molecule is CCC(N)Cc1ccn(Cc2ccc(Br)cc2)c1. The smallest absolute Gasteiger partial charge is 0.0470 e. The van der Waals surface area contributed by atoms with Crippen LogP contribution in [0.5, 0.6) is 0 Å². The summed E-state index contributed by atoms with van der Waals surface area (Å²) in [6.45, 7) is 3.04. The first kappa shape index (κ1) is 13.4. The third-order valence-electron chi connectivity index (χ3n) is 3.11. The summed E-state index contributed by atoms with van der Waals surface area (Å²) in [6.07, 6.45) is 6.30. The van der Waals surface area contributed by atoms with Gasteiger partial charge in [0.15, 0.2) is 0 Å². The van der Waals surface area contributed by atoms with Gasteiger partial charge in [0.2, 0.25) is 0 Å². The summed E-state index contributed by atoms with van der Waals surface area (Å²) in [6, 6.07) is 10.9. The molecular weight excluding hydrogens is 288 g/mol. The molecule has 1 aromatic carbocycles. The van der Waals surface area contributed by atoms with Gasteiger partial charge in [-0.05, 0) is 42.2 Å². The highest BCUT2D eigenvalue weighted by molar-refractivity contribution is 9.10. The van der Waals surface area contributed by atoms with Gasteiger partial charge < -0.3 is 10.3 Å². The minimum Gasteiger partial charge on any atom is -0.350 e. The molecule has 0 spiro atoms. The van der Waals surface area contributed by atoms with E-state index in [1.54, 1.807) is 0 Å². The van der Waals surface area contributed by atoms with Crippen LogP contribution in [0.25, 0.3) is 0 Å². The van der Waals surface area contributed by atoms with Gasteiger partial charge in [0.05, 0.1) is 0 Å². The average Bonchev–Trinajstić information content (AvgIpc) is 2.79. The zero-order chi connectivity index (χ0) is 13.0. The molecule has 0 fully saturated rings. The normalized spacial score (nSPS) is 12.6. The van der Waals surface area contributed by atoms with E-state index in [0.717, 1.165) is 23.9 Å². The van der Waals surface area contributed by atoms with Crippen LogP contribution in [0.2, 0.25) is 0 Å². The maximum absolute atomic E-state index is 5.97. The standard InChI is InChI=1S/C15H19BrN2/c1-2-15(17)9-13-7-8-18(11-13)10-12-3-5-14(16)6-4-12/h3-8,11,15H,2,9-10,17H2,1H3. The van der Waals surface area contributed by atoms with E-state index in [9.17, 15) is 0 Å². The van der Waals surface area contributed by atoms with E-state index < -0.39 is 0 Å².